The molecule has 2 heterocycles. The first kappa shape index (κ1) is 11.3. The number of morpholine rings is 1. The minimum absolute atomic E-state index is 0.0421. The van der Waals surface area contributed by atoms with Gasteiger partial charge in [0.25, 0.3) is 0 Å². The Morgan fingerprint density at radius 2 is 2.13 bits per heavy atom. The number of nitrogens with one attached hydrogen (secondary N) is 1. The SMILES string of the molecule is OCC1CN(CC2CCNCC2)CCO1. The van der Waals surface area contributed by atoms with Gasteiger partial charge in [-0.25, -0.2) is 0 Å². The maximum atomic E-state index is 9.05. The average Bonchev–Trinajstić information content (AvgIpc) is 2.31. The third kappa shape index (κ3) is 3.41. The van der Waals surface area contributed by atoms with Gasteiger partial charge in [-0.15, -0.1) is 0 Å². The molecule has 0 aliphatic carbocycles. The third-order valence-electron chi connectivity index (χ3n) is 3.40. The van der Waals surface area contributed by atoms with Gasteiger partial charge in [-0.1, -0.05) is 0 Å². The molecule has 0 bridgehead atoms. The molecule has 0 aromatic carbocycles. The summed E-state index contributed by atoms with van der Waals surface area (Å²) in [4.78, 5) is 2.44. The van der Waals surface area contributed by atoms with Crippen molar-refractivity contribution in [2.75, 3.05) is 45.9 Å². The highest BCUT2D eigenvalue weighted by atomic mass is 16.5. The van der Waals surface area contributed by atoms with E-state index in [0.29, 0.717) is 0 Å². The average molecular weight is 214 g/mol. The van der Waals surface area contributed by atoms with Gasteiger partial charge in [0.1, 0.15) is 0 Å². The summed E-state index contributed by atoms with van der Waals surface area (Å²) >= 11 is 0. The van der Waals surface area contributed by atoms with Gasteiger partial charge in [0.05, 0.1) is 19.3 Å². The highest BCUT2D eigenvalue weighted by Gasteiger charge is 2.23. The first-order valence-electron chi connectivity index (χ1n) is 6.04. The van der Waals surface area contributed by atoms with Crippen LogP contribution in [0.15, 0.2) is 0 Å². The van der Waals surface area contributed by atoms with Crippen molar-refractivity contribution in [3.8, 4) is 0 Å². The van der Waals surface area contributed by atoms with Crippen LogP contribution in [0.5, 0.6) is 0 Å². The predicted molar refractivity (Wildman–Crippen MR) is 58.9 cm³/mol. The van der Waals surface area contributed by atoms with E-state index >= 15 is 0 Å². The molecular weight excluding hydrogens is 192 g/mol. The second-order valence-electron chi connectivity index (χ2n) is 4.63. The fraction of sp³-hybridized carbons (Fsp3) is 1.00. The van der Waals surface area contributed by atoms with Gasteiger partial charge in [-0.05, 0) is 31.8 Å². The molecule has 1 unspecified atom stereocenters. The minimum Gasteiger partial charge on any atom is -0.394 e. The largest absolute Gasteiger partial charge is 0.394 e. The Morgan fingerprint density at radius 1 is 1.33 bits per heavy atom. The Labute approximate surface area is 91.6 Å². The van der Waals surface area contributed by atoms with Crippen LogP contribution in [0.1, 0.15) is 12.8 Å². The van der Waals surface area contributed by atoms with Crippen LogP contribution < -0.4 is 5.32 Å². The maximum absolute atomic E-state index is 9.05. The van der Waals surface area contributed by atoms with E-state index in [9.17, 15) is 0 Å². The highest BCUT2D eigenvalue weighted by Crippen LogP contribution is 2.15. The van der Waals surface area contributed by atoms with E-state index in [1.807, 2.05) is 0 Å². The number of ether oxygens (including phenoxy) is 1. The van der Waals surface area contributed by atoms with Crippen LogP contribution in [-0.4, -0.2) is 62.0 Å². The van der Waals surface area contributed by atoms with Crippen LogP contribution in [0.3, 0.4) is 0 Å². The second kappa shape index (κ2) is 5.80. The molecular formula is C11H22N2O2. The molecule has 88 valence electrons. The van der Waals surface area contributed by atoms with Crippen LogP contribution in [0, 0.1) is 5.92 Å². The first-order chi connectivity index (χ1) is 7.38. The Kier molecular flexibility index (Phi) is 4.38. The smallest absolute Gasteiger partial charge is 0.0932 e. The number of nitrogens with zero attached hydrogens (tertiary/aromatic N) is 1. The van der Waals surface area contributed by atoms with Crippen molar-refractivity contribution in [3.63, 3.8) is 0 Å². The van der Waals surface area contributed by atoms with Crippen LogP contribution >= 0.6 is 0 Å². The van der Waals surface area contributed by atoms with E-state index in [1.54, 1.807) is 0 Å². The lowest BCUT2D eigenvalue weighted by atomic mass is 9.97. The van der Waals surface area contributed by atoms with Gasteiger partial charge < -0.3 is 15.2 Å². The van der Waals surface area contributed by atoms with Crippen molar-refractivity contribution in [3.05, 3.63) is 0 Å². The quantitative estimate of drug-likeness (QED) is 0.676. The number of piperidine rings is 1. The van der Waals surface area contributed by atoms with Gasteiger partial charge in [-0.2, -0.15) is 0 Å². The molecule has 15 heavy (non-hydrogen) atoms. The summed E-state index contributed by atoms with van der Waals surface area (Å²) in [6.07, 6.45) is 2.63. The van der Waals surface area contributed by atoms with Crippen LogP contribution in [0.2, 0.25) is 0 Å². The monoisotopic (exact) mass is 214 g/mol. The lowest BCUT2D eigenvalue weighted by molar-refractivity contribution is -0.0569. The molecule has 0 spiro atoms. The summed E-state index contributed by atoms with van der Waals surface area (Å²) in [6, 6.07) is 0. The number of aliphatic hydroxyl groups is 1. The highest BCUT2D eigenvalue weighted by molar-refractivity contribution is 4.76. The number of hydrogen-bond donors (Lipinski definition) is 2. The standard InChI is InChI=1S/C11H22N2O2/c14-9-11-8-13(5-6-15-11)7-10-1-3-12-4-2-10/h10-12,14H,1-9H2. The van der Waals surface area contributed by atoms with E-state index in [0.717, 1.165) is 25.6 Å². The van der Waals surface area contributed by atoms with E-state index in [-0.39, 0.29) is 12.7 Å². The van der Waals surface area contributed by atoms with Crippen molar-refractivity contribution in [2.24, 2.45) is 5.92 Å². The Bertz CT molecular complexity index is 183. The van der Waals surface area contributed by atoms with Crippen LogP contribution in [0.25, 0.3) is 0 Å². The maximum Gasteiger partial charge on any atom is 0.0932 e. The van der Waals surface area contributed by atoms with E-state index in [2.05, 4.69) is 10.2 Å². The molecule has 1 atom stereocenters. The zero-order valence-corrected chi connectivity index (χ0v) is 9.32. The summed E-state index contributed by atoms with van der Waals surface area (Å²) in [5.41, 5.74) is 0. The van der Waals surface area contributed by atoms with Gasteiger partial charge in [-0.3, -0.25) is 4.90 Å². The number of rotatable bonds is 3. The Morgan fingerprint density at radius 3 is 2.87 bits per heavy atom. The first-order valence-corrected chi connectivity index (χ1v) is 6.04. The topological polar surface area (TPSA) is 44.7 Å². The fourth-order valence-electron chi connectivity index (χ4n) is 2.49. The van der Waals surface area contributed by atoms with Crippen LogP contribution in [-0.2, 0) is 4.74 Å². The molecule has 0 amide bonds. The fourth-order valence-corrected chi connectivity index (χ4v) is 2.49. The lowest BCUT2D eigenvalue weighted by Crippen LogP contribution is -2.46. The van der Waals surface area contributed by atoms with E-state index < -0.39 is 0 Å². The number of hydrogen-bond acceptors (Lipinski definition) is 4. The molecule has 2 N–H and O–H groups in total. The van der Waals surface area contributed by atoms with Crippen molar-refractivity contribution < 1.29 is 9.84 Å². The molecule has 4 nitrogen and oxygen atoms in total. The van der Waals surface area contributed by atoms with Gasteiger partial charge in [0.15, 0.2) is 0 Å². The lowest BCUT2D eigenvalue weighted by Gasteiger charge is -2.35. The molecule has 2 saturated heterocycles. The zero-order chi connectivity index (χ0) is 10.5. The summed E-state index contributed by atoms with van der Waals surface area (Å²) in [5, 5.41) is 12.4. The third-order valence-corrected chi connectivity index (χ3v) is 3.40. The molecule has 0 aromatic rings. The minimum atomic E-state index is 0.0421. The van der Waals surface area contributed by atoms with E-state index in [4.69, 9.17) is 9.84 Å². The van der Waals surface area contributed by atoms with E-state index in [1.165, 1.54) is 32.5 Å². The predicted octanol–water partition coefficient (Wildman–Crippen LogP) is -0.321. The summed E-state index contributed by atoms with van der Waals surface area (Å²) < 4.78 is 5.44. The summed E-state index contributed by atoms with van der Waals surface area (Å²) in [5.74, 6) is 0.837. The Balaban J connectivity index is 1.72. The molecule has 2 aliphatic rings. The normalized spacial score (nSPS) is 30.6. The Hall–Kier alpha value is -0.160. The van der Waals surface area contributed by atoms with Crippen molar-refractivity contribution in [1.29, 1.82) is 0 Å². The van der Waals surface area contributed by atoms with Crippen molar-refractivity contribution in [1.82, 2.24) is 10.2 Å². The molecule has 0 radical (unpaired) electrons. The summed E-state index contributed by atoms with van der Waals surface area (Å²) in [6.45, 7) is 6.37. The molecule has 2 fully saturated rings. The van der Waals surface area contributed by atoms with Crippen molar-refractivity contribution in [2.45, 2.75) is 18.9 Å². The zero-order valence-electron chi connectivity index (χ0n) is 9.32. The van der Waals surface area contributed by atoms with Gasteiger partial charge in [0.2, 0.25) is 0 Å². The number of aliphatic hydroxyl groups excluding tert-OH is 1. The molecule has 2 rings (SSSR count). The van der Waals surface area contributed by atoms with Gasteiger partial charge in [0, 0.05) is 19.6 Å². The molecule has 0 saturated carbocycles. The molecule has 0 aromatic heterocycles. The second-order valence-corrected chi connectivity index (χ2v) is 4.63. The van der Waals surface area contributed by atoms with Gasteiger partial charge >= 0.3 is 0 Å². The summed E-state index contributed by atoms with van der Waals surface area (Å²) in [7, 11) is 0. The van der Waals surface area contributed by atoms with Crippen molar-refractivity contribution >= 4 is 0 Å². The molecule has 4 heteroatoms. The molecule has 2 aliphatic heterocycles. The van der Waals surface area contributed by atoms with Crippen LogP contribution in [0.4, 0.5) is 0 Å².